The number of rotatable bonds is 5. The fourth-order valence-corrected chi connectivity index (χ4v) is 2.56. The summed E-state index contributed by atoms with van der Waals surface area (Å²) in [6.07, 6.45) is 1.51. The van der Waals surface area contributed by atoms with Gasteiger partial charge >= 0.3 is 0 Å². The highest BCUT2D eigenvalue weighted by molar-refractivity contribution is 9.08. The molecule has 0 aliphatic carbocycles. The molecule has 0 unspecified atom stereocenters. The van der Waals surface area contributed by atoms with Crippen LogP contribution in [-0.4, -0.2) is 9.91 Å². The molecule has 0 aliphatic rings. The SMILES string of the molecule is Cc1cnc(COc2ccccc2CBr)c(C)c1[N+](=O)[O-]. The van der Waals surface area contributed by atoms with Gasteiger partial charge in [0.15, 0.2) is 0 Å². The monoisotopic (exact) mass is 350 g/mol. The van der Waals surface area contributed by atoms with E-state index in [2.05, 4.69) is 20.9 Å². The Morgan fingerprint density at radius 3 is 2.71 bits per heavy atom. The second-order valence-corrected chi connectivity index (χ2v) is 5.21. The summed E-state index contributed by atoms with van der Waals surface area (Å²) in [5.41, 5.74) is 2.82. The molecule has 21 heavy (non-hydrogen) atoms. The number of halogens is 1. The zero-order chi connectivity index (χ0) is 15.4. The van der Waals surface area contributed by atoms with Crippen molar-refractivity contribution in [1.82, 2.24) is 4.98 Å². The van der Waals surface area contributed by atoms with E-state index in [1.54, 1.807) is 13.8 Å². The van der Waals surface area contributed by atoms with Crippen molar-refractivity contribution in [2.24, 2.45) is 0 Å². The number of hydrogen-bond donors (Lipinski definition) is 0. The van der Waals surface area contributed by atoms with Gasteiger partial charge < -0.3 is 4.74 Å². The van der Waals surface area contributed by atoms with Gasteiger partial charge in [-0.2, -0.15) is 0 Å². The Bertz CT molecular complexity index is 674. The average molecular weight is 351 g/mol. The Labute approximate surface area is 131 Å². The Morgan fingerprint density at radius 1 is 1.33 bits per heavy atom. The van der Waals surface area contributed by atoms with E-state index in [4.69, 9.17) is 4.74 Å². The topological polar surface area (TPSA) is 65.3 Å². The third-order valence-corrected chi connectivity index (χ3v) is 3.84. The molecule has 0 bridgehead atoms. The van der Waals surface area contributed by atoms with Crippen LogP contribution in [0, 0.1) is 24.0 Å². The minimum Gasteiger partial charge on any atom is -0.487 e. The summed E-state index contributed by atoms with van der Waals surface area (Å²) < 4.78 is 5.75. The van der Waals surface area contributed by atoms with Crippen LogP contribution in [0.25, 0.3) is 0 Å². The largest absolute Gasteiger partial charge is 0.487 e. The van der Waals surface area contributed by atoms with Crippen molar-refractivity contribution in [3.05, 3.63) is 63.0 Å². The Kier molecular flexibility index (Phi) is 4.90. The van der Waals surface area contributed by atoms with Gasteiger partial charge in [-0.3, -0.25) is 15.1 Å². The second kappa shape index (κ2) is 6.67. The molecular weight excluding hydrogens is 336 g/mol. The maximum Gasteiger partial charge on any atom is 0.278 e. The van der Waals surface area contributed by atoms with Crippen molar-refractivity contribution < 1.29 is 9.66 Å². The fourth-order valence-electron chi connectivity index (χ4n) is 2.09. The van der Waals surface area contributed by atoms with Crippen LogP contribution >= 0.6 is 15.9 Å². The highest BCUT2D eigenvalue weighted by Gasteiger charge is 2.19. The minimum absolute atomic E-state index is 0.109. The molecule has 0 amide bonds. The lowest BCUT2D eigenvalue weighted by Gasteiger charge is -2.11. The maximum absolute atomic E-state index is 11.1. The molecule has 1 aromatic heterocycles. The van der Waals surface area contributed by atoms with Crippen molar-refractivity contribution in [3.63, 3.8) is 0 Å². The highest BCUT2D eigenvalue weighted by Crippen LogP contribution is 2.26. The normalized spacial score (nSPS) is 10.4. The predicted octanol–water partition coefficient (Wildman–Crippen LogP) is 4.08. The molecule has 0 saturated heterocycles. The van der Waals surface area contributed by atoms with Crippen molar-refractivity contribution in [1.29, 1.82) is 0 Å². The summed E-state index contributed by atoms with van der Waals surface area (Å²) in [7, 11) is 0. The first-order valence-electron chi connectivity index (χ1n) is 6.40. The van der Waals surface area contributed by atoms with Crippen LogP contribution in [0.1, 0.15) is 22.4 Å². The number of alkyl halides is 1. The van der Waals surface area contributed by atoms with Gasteiger partial charge in [-0.1, -0.05) is 34.1 Å². The number of aromatic nitrogens is 1. The van der Waals surface area contributed by atoms with E-state index >= 15 is 0 Å². The number of ether oxygens (including phenoxy) is 1. The van der Waals surface area contributed by atoms with Gasteiger partial charge in [0.1, 0.15) is 12.4 Å². The van der Waals surface area contributed by atoms with Crippen molar-refractivity contribution >= 4 is 21.6 Å². The van der Waals surface area contributed by atoms with Gasteiger partial charge in [-0.05, 0) is 19.9 Å². The highest BCUT2D eigenvalue weighted by atomic mass is 79.9. The molecule has 0 aliphatic heterocycles. The van der Waals surface area contributed by atoms with E-state index in [9.17, 15) is 10.1 Å². The van der Waals surface area contributed by atoms with E-state index in [0.717, 1.165) is 11.3 Å². The van der Waals surface area contributed by atoms with Crippen LogP contribution in [0.4, 0.5) is 5.69 Å². The molecule has 0 spiro atoms. The minimum atomic E-state index is -0.373. The van der Waals surface area contributed by atoms with Gasteiger partial charge in [0.25, 0.3) is 5.69 Å². The maximum atomic E-state index is 11.1. The molecule has 0 fully saturated rings. The molecule has 2 aromatic rings. The van der Waals surface area contributed by atoms with Crippen LogP contribution in [0.5, 0.6) is 5.75 Å². The first kappa shape index (κ1) is 15.4. The van der Waals surface area contributed by atoms with E-state index in [-0.39, 0.29) is 17.2 Å². The molecule has 5 nitrogen and oxygen atoms in total. The average Bonchev–Trinajstić information content (AvgIpc) is 2.46. The van der Waals surface area contributed by atoms with Crippen LogP contribution in [0.2, 0.25) is 0 Å². The summed E-state index contributed by atoms with van der Waals surface area (Å²) in [6.45, 7) is 3.59. The second-order valence-electron chi connectivity index (χ2n) is 4.65. The van der Waals surface area contributed by atoms with Crippen LogP contribution in [0.3, 0.4) is 0 Å². The van der Waals surface area contributed by atoms with Gasteiger partial charge in [-0.15, -0.1) is 0 Å². The number of hydrogen-bond acceptors (Lipinski definition) is 4. The molecule has 110 valence electrons. The van der Waals surface area contributed by atoms with E-state index in [1.165, 1.54) is 6.20 Å². The molecule has 2 rings (SSSR count). The molecule has 1 aromatic carbocycles. The lowest BCUT2D eigenvalue weighted by molar-refractivity contribution is -0.386. The molecule has 0 atom stereocenters. The molecule has 0 radical (unpaired) electrons. The summed E-state index contributed by atoms with van der Waals surface area (Å²) in [6, 6.07) is 7.65. The van der Waals surface area contributed by atoms with E-state index in [0.29, 0.717) is 22.2 Å². The zero-order valence-corrected chi connectivity index (χ0v) is 13.4. The Hall–Kier alpha value is -1.95. The number of nitrogens with zero attached hydrogens (tertiary/aromatic N) is 2. The lowest BCUT2D eigenvalue weighted by Crippen LogP contribution is -2.06. The predicted molar refractivity (Wildman–Crippen MR) is 83.8 cm³/mol. The van der Waals surface area contributed by atoms with Gasteiger partial charge in [0.05, 0.1) is 16.2 Å². The molecule has 0 N–H and O–H groups in total. The molecule has 0 saturated carbocycles. The first-order chi connectivity index (χ1) is 10.0. The number of para-hydroxylation sites is 1. The van der Waals surface area contributed by atoms with Crippen molar-refractivity contribution in [2.45, 2.75) is 25.8 Å². The fraction of sp³-hybridized carbons (Fsp3) is 0.267. The third-order valence-electron chi connectivity index (χ3n) is 3.24. The quantitative estimate of drug-likeness (QED) is 0.463. The van der Waals surface area contributed by atoms with Gasteiger partial charge in [0, 0.05) is 22.7 Å². The van der Waals surface area contributed by atoms with Gasteiger partial charge in [0.2, 0.25) is 0 Å². The smallest absolute Gasteiger partial charge is 0.278 e. The van der Waals surface area contributed by atoms with Crippen LogP contribution in [0.15, 0.2) is 30.5 Å². The van der Waals surface area contributed by atoms with Crippen LogP contribution in [-0.2, 0) is 11.9 Å². The summed E-state index contributed by atoms with van der Waals surface area (Å²) in [5, 5.41) is 11.8. The molecule has 1 heterocycles. The van der Waals surface area contributed by atoms with Crippen molar-refractivity contribution in [3.8, 4) is 5.75 Å². The Morgan fingerprint density at radius 2 is 2.05 bits per heavy atom. The molecular formula is C15H15BrN2O3. The lowest BCUT2D eigenvalue weighted by atomic mass is 10.1. The number of benzene rings is 1. The van der Waals surface area contributed by atoms with E-state index < -0.39 is 0 Å². The van der Waals surface area contributed by atoms with Crippen molar-refractivity contribution in [2.75, 3.05) is 0 Å². The number of pyridine rings is 1. The first-order valence-corrected chi connectivity index (χ1v) is 7.53. The standard InChI is InChI=1S/C15H15BrN2O3/c1-10-8-17-13(11(2)15(10)18(19)20)9-21-14-6-4-3-5-12(14)7-16/h3-6,8H,7,9H2,1-2H3. The third kappa shape index (κ3) is 3.39. The zero-order valence-electron chi connectivity index (χ0n) is 11.8. The summed E-state index contributed by atoms with van der Waals surface area (Å²) in [4.78, 5) is 15.0. The summed E-state index contributed by atoms with van der Waals surface area (Å²) >= 11 is 3.40. The Balaban J connectivity index is 2.25. The van der Waals surface area contributed by atoms with Crippen LogP contribution < -0.4 is 4.74 Å². The number of aryl methyl sites for hydroxylation is 1. The number of nitro groups is 1. The van der Waals surface area contributed by atoms with E-state index in [1.807, 2.05) is 24.3 Å². The molecule has 6 heteroatoms. The summed E-state index contributed by atoms with van der Waals surface area (Å²) in [5.74, 6) is 0.749. The van der Waals surface area contributed by atoms with Gasteiger partial charge in [-0.25, -0.2) is 0 Å².